The molecule has 1 heterocycles. The molecule has 3 aromatic carbocycles. The van der Waals surface area contributed by atoms with Gasteiger partial charge >= 0.3 is 0 Å². The van der Waals surface area contributed by atoms with Crippen LogP contribution in [0.15, 0.2) is 82.6 Å². The molecule has 0 unspecified atom stereocenters. The Morgan fingerprint density at radius 3 is 2.17 bits per heavy atom. The fraction of sp³-hybridized carbons (Fsp3) is 0.345. The van der Waals surface area contributed by atoms with E-state index in [0.29, 0.717) is 31.2 Å². The van der Waals surface area contributed by atoms with Crippen LogP contribution in [0.25, 0.3) is 0 Å². The summed E-state index contributed by atoms with van der Waals surface area (Å²) < 4.78 is 66.5. The number of carbonyl (C=O) groups is 1. The molecular weight excluding hydrogens is 566 g/mol. The van der Waals surface area contributed by atoms with E-state index in [1.165, 1.54) is 28.6 Å². The number of ether oxygens (including phenoxy) is 2. The van der Waals surface area contributed by atoms with Crippen molar-refractivity contribution in [1.29, 1.82) is 0 Å². The third-order valence-corrected chi connectivity index (χ3v) is 10.2. The number of anilines is 1. The molecule has 1 amide bonds. The lowest BCUT2D eigenvalue weighted by molar-refractivity contribution is -0.119. The van der Waals surface area contributed by atoms with E-state index in [1.54, 1.807) is 55.5 Å². The number of nitrogens with zero attached hydrogens (tertiary/aromatic N) is 2. The monoisotopic (exact) mass is 601 g/mol. The summed E-state index contributed by atoms with van der Waals surface area (Å²) in [5, 5.41) is 2.70. The molecular formula is C29H35N3O7S2. The summed E-state index contributed by atoms with van der Waals surface area (Å²) in [5.41, 5.74) is 1.16. The molecule has 41 heavy (non-hydrogen) atoms. The van der Waals surface area contributed by atoms with E-state index < -0.39 is 32.5 Å². The Hall–Kier alpha value is -3.61. The molecule has 3 aromatic rings. The molecule has 12 heteroatoms. The Morgan fingerprint density at radius 1 is 0.878 bits per heavy atom. The van der Waals surface area contributed by atoms with Crippen molar-refractivity contribution in [2.45, 2.75) is 36.5 Å². The Morgan fingerprint density at radius 2 is 1.51 bits per heavy atom. The van der Waals surface area contributed by atoms with E-state index in [9.17, 15) is 21.6 Å². The van der Waals surface area contributed by atoms with Gasteiger partial charge in [-0.15, -0.1) is 0 Å². The van der Waals surface area contributed by atoms with E-state index >= 15 is 0 Å². The minimum atomic E-state index is -4.09. The maximum absolute atomic E-state index is 13.7. The van der Waals surface area contributed by atoms with Crippen molar-refractivity contribution >= 4 is 31.6 Å². The Balaban J connectivity index is 1.40. The lowest BCUT2D eigenvalue weighted by atomic mass is 10.2. The van der Waals surface area contributed by atoms with Crippen LogP contribution in [0.4, 0.5) is 5.69 Å². The third kappa shape index (κ3) is 7.38. The predicted molar refractivity (Wildman–Crippen MR) is 156 cm³/mol. The molecule has 0 aromatic heterocycles. The summed E-state index contributed by atoms with van der Waals surface area (Å²) in [6.45, 7) is 4.78. The highest BCUT2D eigenvalue weighted by Gasteiger charge is 2.30. The zero-order chi connectivity index (χ0) is 29.5. The average Bonchev–Trinajstić information content (AvgIpc) is 3.52. The highest BCUT2D eigenvalue weighted by atomic mass is 32.2. The SMILES string of the molecule is CCOc1ccccc1N(CC(=O)NCCOc1ccc(S(=O)(=O)N2CCCC2)cc1)S(=O)(=O)c1ccc(C)cc1. The summed E-state index contributed by atoms with van der Waals surface area (Å²) in [6, 6.07) is 19.2. The van der Waals surface area contributed by atoms with Crippen molar-refractivity contribution in [1.82, 2.24) is 9.62 Å². The largest absolute Gasteiger partial charge is 0.492 e. The van der Waals surface area contributed by atoms with Crippen LogP contribution >= 0.6 is 0 Å². The fourth-order valence-electron chi connectivity index (χ4n) is 4.41. The number of sulfonamides is 2. The highest BCUT2D eigenvalue weighted by Crippen LogP contribution is 2.32. The van der Waals surface area contributed by atoms with E-state index in [4.69, 9.17) is 9.47 Å². The molecule has 0 bridgehead atoms. The van der Waals surface area contributed by atoms with Crippen LogP contribution < -0.4 is 19.1 Å². The fourth-order valence-corrected chi connectivity index (χ4v) is 7.36. The van der Waals surface area contributed by atoms with Gasteiger partial charge in [-0.05, 0) is 75.2 Å². The molecule has 1 fully saturated rings. The van der Waals surface area contributed by atoms with Gasteiger partial charge in [-0.25, -0.2) is 16.8 Å². The Bertz CT molecular complexity index is 1540. The first-order chi connectivity index (χ1) is 19.6. The molecule has 0 saturated carbocycles. The number of carbonyl (C=O) groups excluding carboxylic acids is 1. The first-order valence-corrected chi connectivity index (χ1v) is 16.3. The van der Waals surface area contributed by atoms with Gasteiger partial charge in [0.1, 0.15) is 24.7 Å². The van der Waals surface area contributed by atoms with Crippen molar-refractivity contribution in [2.75, 3.05) is 43.7 Å². The lowest BCUT2D eigenvalue weighted by Gasteiger charge is -2.26. The van der Waals surface area contributed by atoms with Gasteiger partial charge in [0.25, 0.3) is 10.0 Å². The summed E-state index contributed by atoms with van der Waals surface area (Å²) in [6.07, 6.45) is 1.72. The molecule has 0 aliphatic carbocycles. The van der Waals surface area contributed by atoms with E-state index in [-0.39, 0.29) is 28.6 Å². The molecule has 0 atom stereocenters. The molecule has 0 spiro atoms. The molecule has 10 nitrogen and oxygen atoms in total. The lowest BCUT2D eigenvalue weighted by Crippen LogP contribution is -2.42. The standard InChI is InChI=1S/C29H35N3O7S2/c1-3-38-28-9-5-4-8-27(28)32(41(36,37)26-14-10-23(2)11-15-26)22-29(33)30-18-21-39-24-12-16-25(17-13-24)40(34,35)31-19-6-7-20-31/h4-5,8-17H,3,6-7,18-22H2,1-2H3,(H,30,33). The van der Waals surface area contributed by atoms with Gasteiger partial charge in [0.05, 0.1) is 28.6 Å². The smallest absolute Gasteiger partial charge is 0.264 e. The first-order valence-electron chi connectivity index (χ1n) is 13.4. The first kappa shape index (κ1) is 30.4. The minimum Gasteiger partial charge on any atom is -0.492 e. The molecule has 4 rings (SSSR count). The maximum Gasteiger partial charge on any atom is 0.264 e. The number of amides is 1. The van der Waals surface area contributed by atoms with Crippen molar-refractivity contribution in [3.8, 4) is 11.5 Å². The predicted octanol–water partition coefficient (Wildman–Crippen LogP) is 3.57. The van der Waals surface area contributed by atoms with E-state index in [2.05, 4.69) is 5.32 Å². The number of para-hydroxylation sites is 2. The van der Waals surface area contributed by atoms with Gasteiger partial charge in [-0.1, -0.05) is 29.8 Å². The molecule has 1 aliphatic rings. The quantitative estimate of drug-likeness (QED) is 0.297. The van der Waals surface area contributed by atoms with Crippen LogP contribution in [-0.4, -0.2) is 66.4 Å². The summed E-state index contributed by atoms with van der Waals surface area (Å²) in [7, 11) is -7.60. The van der Waals surface area contributed by atoms with Gasteiger partial charge in [-0.3, -0.25) is 9.10 Å². The summed E-state index contributed by atoms with van der Waals surface area (Å²) in [5.74, 6) is 0.272. The van der Waals surface area contributed by atoms with Crippen molar-refractivity contribution in [3.05, 3.63) is 78.4 Å². The number of hydrogen-bond donors (Lipinski definition) is 1. The minimum absolute atomic E-state index is 0.0562. The second kappa shape index (κ2) is 13.4. The second-order valence-electron chi connectivity index (χ2n) is 9.51. The molecule has 1 aliphatic heterocycles. The van der Waals surface area contributed by atoms with Gasteiger partial charge in [-0.2, -0.15) is 4.31 Å². The van der Waals surface area contributed by atoms with Crippen LogP contribution in [0, 0.1) is 6.92 Å². The van der Waals surface area contributed by atoms with Crippen LogP contribution in [0.1, 0.15) is 25.3 Å². The van der Waals surface area contributed by atoms with Gasteiger partial charge < -0.3 is 14.8 Å². The number of rotatable bonds is 13. The summed E-state index contributed by atoms with van der Waals surface area (Å²) in [4.78, 5) is 13.2. The number of benzene rings is 3. The van der Waals surface area contributed by atoms with Crippen LogP contribution in [0.3, 0.4) is 0 Å². The van der Waals surface area contributed by atoms with Gasteiger partial charge in [0.2, 0.25) is 15.9 Å². The second-order valence-corrected chi connectivity index (χ2v) is 13.3. The zero-order valence-corrected chi connectivity index (χ0v) is 24.8. The highest BCUT2D eigenvalue weighted by molar-refractivity contribution is 7.93. The van der Waals surface area contributed by atoms with Crippen molar-refractivity contribution in [3.63, 3.8) is 0 Å². The number of aryl methyl sites for hydroxylation is 1. The molecule has 1 N–H and O–H groups in total. The third-order valence-electron chi connectivity index (χ3n) is 6.55. The zero-order valence-electron chi connectivity index (χ0n) is 23.2. The molecule has 220 valence electrons. The average molecular weight is 602 g/mol. The van der Waals surface area contributed by atoms with Gasteiger partial charge in [0, 0.05) is 13.1 Å². The van der Waals surface area contributed by atoms with Crippen LogP contribution in [0.2, 0.25) is 0 Å². The van der Waals surface area contributed by atoms with E-state index in [1.807, 2.05) is 6.92 Å². The van der Waals surface area contributed by atoms with Crippen LogP contribution in [-0.2, 0) is 24.8 Å². The van der Waals surface area contributed by atoms with Crippen molar-refractivity contribution < 1.29 is 31.1 Å². The topological polar surface area (TPSA) is 122 Å². The Labute approximate surface area is 242 Å². The number of nitrogens with one attached hydrogen (secondary N) is 1. The van der Waals surface area contributed by atoms with Crippen molar-refractivity contribution in [2.24, 2.45) is 0 Å². The molecule has 0 radical (unpaired) electrons. The Kier molecular flexibility index (Phi) is 9.90. The van der Waals surface area contributed by atoms with Crippen LogP contribution in [0.5, 0.6) is 11.5 Å². The van der Waals surface area contributed by atoms with E-state index in [0.717, 1.165) is 22.7 Å². The van der Waals surface area contributed by atoms with Gasteiger partial charge in [0.15, 0.2) is 0 Å². The number of hydrogen-bond acceptors (Lipinski definition) is 7. The maximum atomic E-state index is 13.7. The normalized spacial score (nSPS) is 14.0. The molecule has 1 saturated heterocycles. The summed E-state index contributed by atoms with van der Waals surface area (Å²) >= 11 is 0.